The van der Waals surface area contributed by atoms with Crippen LogP contribution in [0.4, 0.5) is 0 Å². The van der Waals surface area contributed by atoms with Crippen LogP contribution in [0.2, 0.25) is 18.1 Å². The molecule has 0 saturated heterocycles. The van der Waals surface area contributed by atoms with E-state index < -0.39 is 26.6 Å². The Morgan fingerprint density at radius 2 is 1.10 bits per heavy atom. The van der Waals surface area contributed by atoms with Crippen LogP contribution in [0.25, 0.3) is 0 Å². The van der Waals surface area contributed by atoms with Gasteiger partial charge in [-0.25, -0.2) is 0 Å². The average molecular weight is 561 g/mol. The highest BCUT2D eigenvalue weighted by Crippen LogP contribution is 2.40. The lowest BCUT2D eigenvalue weighted by Gasteiger charge is -2.42. The fourth-order valence-electron chi connectivity index (χ4n) is 4.71. The summed E-state index contributed by atoms with van der Waals surface area (Å²) in [5.74, 6) is 0.0311. The van der Waals surface area contributed by atoms with Gasteiger partial charge in [-0.05, 0) is 41.2 Å². The maximum absolute atomic E-state index is 13.7. The SMILES string of the molecule is CC(C)(C)[Si](C)(C)O[C@H]1CCC(=O)[C@@H](OCc2ccccc2)[C@H](OCc2ccccc2)[C@H]1OCc1ccccc1. The van der Waals surface area contributed by atoms with Crippen LogP contribution >= 0.6 is 0 Å². The zero-order valence-corrected chi connectivity index (χ0v) is 25.5. The van der Waals surface area contributed by atoms with Gasteiger partial charge in [0.2, 0.25) is 0 Å². The number of hydrogen-bond donors (Lipinski definition) is 0. The van der Waals surface area contributed by atoms with Crippen molar-refractivity contribution < 1.29 is 23.4 Å². The van der Waals surface area contributed by atoms with Crippen molar-refractivity contribution in [1.29, 1.82) is 0 Å². The number of Topliss-reactive ketones (excluding diaryl/α,β-unsaturated/α-hetero) is 1. The molecule has 1 fully saturated rings. The van der Waals surface area contributed by atoms with Crippen molar-refractivity contribution in [2.75, 3.05) is 0 Å². The van der Waals surface area contributed by atoms with Gasteiger partial charge in [-0.2, -0.15) is 0 Å². The van der Waals surface area contributed by atoms with Crippen LogP contribution in [0.5, 0.6) is 0 Å². The molecule has 214 valence electrons. The molecule has 0 N–H and O–H groups in total. The lowest BCUT2D eigenvalue weighted by Crippen LogP contribution is -2.53. The van der Waals surface area contributed by atoms with Crippen molar-refractivity contribution in [2.24, 2.45) is 0 Å². The quantitative estimate of drug-likeness (QED) is 0.180. The first-order chi connectivity index (χ1) is 19.1. The monoisotopic (exact) mass is 560 g/mol. The van der Waals surface area contributed by atoms with Gasteiger partial charge in [0, 0.05) is 6.42 Å². The van der Waals surface area contributed by atoms with Crippen LogP contribution in [0.1, 0.15) is 50.3 Å². The Hall–Kier alpha value is -2.61. The van der Waals surface area contributed by atoms with Gasteiger partial charge >= 0.3 is 0 Å². The Kier molecular flexibility index (Phi) is 10.5. The fraction of sp³-hybridized carbons (Fsp3) is 0.441. The summed E-state index contributed by atoms with van der Waals surface area (Å²) in [5.41, 5.74) is 3.11. The van der Waals surface area contributed by atoms with E-state index in [0.717, 1.165) is 16.7 Å². The van der Waals surface area contributed by atoms with Gasteiger partial charge in [-0.3, -0.25) is 4.79 Å². The van der Waals surface area contributed by atoms with Crippen molar-refractivity contribution in [3.63, 3.8) is 0 Å². The molecule has 4 rings (SSSR count). The maximum atomic E-state index is 13.7. The second-order valence-corrected chi connectivity index (χ2v) is 16.9. The van der Waals surface area contributed by atoms with E-state index in [0.29, 0.717) is 32.7 Å². The smallest absolute Gasteiger partial charge is 0.192 e. The van der Waals surface area contributed by atoms with Crippen LogP contribution < -0.4 is 0 Å². The molecular weight excluding hydrogens is 516 g/mol. The van der Waals surface area contributed by atoms with E-state index in [2.05, 4.69) is 46.0 Å². The normalized spacial score (nSPS) is 22.2. The molecule has 0 heterocycles. The first-order valence-corrected chi connectivity index (χ1v) is 17.2. The van der Waals surface area contributed by atoms with Crippen molar-refractivity contribution in [3.05, 3.63) is 108 Å². The molecular formula is C34H44O5Si. The van der Waals surface area contributed by atoms with Crippen LogP contribution in [-0.4, -0.2) is 38.5 Å². The Balaban J connectivity index is 1.67. The Bertz CT molecular complexity index is 1180. The van der Waals surface area contributed by atoms with Crippen molar-refractivity contribution in [2.45, 2.75) is 96.0 Å². The lowest BCUT2D eigenvalue weighted by atomic mass is 10.0. The highest BCUT2D eigenvalue weighted by atomic mass is 28.4. The van der Waals surface area contributed by atoms with Crippen molar-refractivity contribution in [1.82, 2.24) is 0 Å². The number of benzene rings is 3. The van der Waals surface area contributed by atoms with E-state index in [1.54, 1.807) is 0 Å². The second-order valence-electron chi connectivity index (χ2n) is 12.2. The fourth-order valence-corrected chi connectivity index (χ4v) is 6.07. The second kappa shape index (κ2) is 13.8. The van der Waals surface area contributed by atoms with Crippen molar-refractivity contribution >= 4 is 14.1 Å². The van der Waals surface area contributed by atoms with E-state index in [1.807, 2.05) is 78.9 Å². The summed E-state index contributed by atoms with van der Waals surface area (Å²) in [7, 11) is -2.18. The number of carbonyl (C=O) groups is 1. The minimum absolute atomic E-state index is 0.0108. The molecule has 5 nitrogen and oxygen atoms in total. The van der Waals surface area contributed by atoms with Gasteiger partial charge < -0.3 is 18.6 Å². The maximum Gasteiger partial charge on any atom is 0.192 e. The van der Waals surface area contributed by atoms with E-state index in [9.17, 15) is 4.79 Å². The molecule has 0 bridgehead atoms. The molecule has 1 saturated carbocycles. The largest absolute Gasteiger partial charge is 0.411 e. The summed E-state index contributed by atoms with van der Waals surface area (Å²) in [5, 5.41) is 0.0108. The first kappa shape index (κ1) is 30.3. The number of ketones is 1. The molecule has 0 aliphatic heterocycles. The molecule has 4 atom stereocenters. The molecule has 1 aliphatic rings. The molecule has 0 unspecified atom stereocenters. The zero-order valence-electron chi connectivity index (χ0n) is 24.5. The third-order valence-electron chi connectivity index (χ3n) is 8.08. The van der Waals surface area contributed by atoms with Gasteiger partial charge in [0.1, 0.15) is 18.3 Å². The summed E-state index contributed by atoms with van der Waals surface area (Å²) < 4.78 is 26.7. The van der Waals surface area contributed by atoms with E-state index in [-0.39, 0.29) is 16.9 Å². The molecule has 0 amide bonds. The predicted octanol–water partition coefficient (Wildman–Crippen LogP) is 7.50. The van der Waals surface area contributed by atoms with E-state index in [4.69, 9.17) is 18.6 Å². The van der Waals surface area contributed by atoms with Gasteiger partial charge in [-0.1, -0.05) is 112 Å². The molecule has 0 aromatic heterocycles. The highest BCUT2D eigenvalue weighted by molar-refractivity contribution is 6.74. The number of ether oxygens (including phenoxy) is 3. The van der Waals surface area contributed by atoms with Crippen LogP contribution in [0.15, 0.2) is 91.0 Å². The van der Waals surface area contributed by atoms with Crippen molar-refractivity contribution in [3.8, 4) is 0 Å². The zero-order chi connectivity index (χ0) is 28.6. The molecule has 40 heavy (non-hydrogen) atoms. The molecule has 6 heteroatoms. The third-order valence-corrected chi connectivity index (χ3v) is 12.6. The summed E-state index contributed by atoms with van der Waals surface area (Å²) in [6.07, 6.45) is -1.24. The molecule has 3 aromatic carbocycles. The minimum atomic E-state index is -2.18. The number of carbonyl (C=O) groups excluding carboxylic acids is 1. The predicted molar refractivity (Wildman–Crippen MR) is 161 cm³/mol. The summed E-state index contributed by atoms with van der Waals surface area (Å²) in [4.78, 5) is 13.7. The average Bonchev–Trinajstić information content (AvgIpc) is 3.06. The van der Waals surface area contributed by atoms with Crippen LogP contribution in [-0.2, 0) is 43.3 Å². The topological polar surface area (TPSA) is 54.0 Å². The van der Waals surface area contributed by atoms with Crippen LogP contribution in [0, 0.1) is 0 Å². The van der Waals surface area contributed by atoms with Gasteiger partial charge in [0.05, 0.1) is 25.9 Å². The van der Waals surface area contributed by atoms with Crippen LogP contribution in [0.3, 0.4) is 0 Å². The lowest BCUT2D eigenvalue weighted by molar-refractivity contribution is -0.175. The summed E-state index contributed by atoms with van der Waals surface area (Å²) in [6.45, 7) is 12.3. The molecule has 1 aliphatic carbocycles. The van der Waals surface area contributed by atoms with E-state index in [1.165, 1.54) is 0 Å². The minimum Gasteiger partial charge on any atom is -0.411 e. The van der Waals surface area contributed by atoms with Gasteiger partial charge in [0.25, 0.3) is 0 Å². The summed E-state index contributed by atoms with van der Waals surface area (Å²) in [6, 6.07) is 30.1. The third kappa shape index (κ3) is 8.21. The number of rotatable bonds is 11. The Morgan fingerprint density at radius 1 is 0.675 bits per heavy atom. The number of hydrogen-bond acceptors (Lipinski definition) is 5. The van der Waals surface area contributed by atoms with Gasteiger partial charge in [-0.15, -0.1) is 0 Å². The molecule has 0 spiro atoms. The van der Waals surface area contributed by atoms with E-state index >= 15 is 0 Å². The van der Waals surface area contributed by atoms with Gasteiger partial charge in [0.15, 0.2) is 14.1 Å². The first-order valence-electron chi connectivity index (χ1n) is 14.3. The summed E-state index contributed by atoms with van der Waals surface area (Å²) >= 11 is 0. The Labute approximate surface area is 240 Å². The standard InChI is InChI=1S/C34H44O5Si/c1-34(2,3)40(4,5)39-30-22-21-29(35)31(36-23-26-15-9-6-10-16-26)33(38-25-28-19-13-8-14-20-28)32(30)37-24-27-17-11-7-12-18-27/h6-20,30-33H,21-25H2,1-5H3/t30-,31+,32-,33-/m0/s1. The Morgan fingerprint density at radius 3 is 1.55 bits per heavy atom. The molecule has 0 radical (unpaired) electrons. The highest BCUT2D eigenvalue weighted by Gasteiger charge is 2.48. The molecule has 3 aromatic rings.